The van der Waals surface area contributed by atoms with Crippen LogP contribution in [0, 0.1) is 10.5 Å². The van der Waals surface area contributed by atoms with Crippen molar-refractivity contribution in [2.24, 2.45) is 0 Å². The molecule has 1 aliphatic rings. The highest BCUT2D eigenvalue weighted by atomic mass is 127. The maximum Gasteiger partial charge on any atom is 0.247 e. The first kappa shape index (κ1) is 28.1. The van der Waals surface area contributed by atoms with Crippen molar-refractivity contribution in [2.75, 3.05) is 26.9 Å². The van der Waals surface area contributed by atoms with Crippen molar-refractivity contribution in [2.45, 2.75) is 44.6 Å². The van der Waals surface area contributed by atoms with Gasteiger partial charge in [0.25, 0.3) is 0 Å². The Morgan fingerprint density at radius 2 is 1.89 bits per heavy atom. The van der Waals surface area contributed by atoms with Gasteiger partial charge in [-0.05, 0) is 53.3 Å². The Bertz CT molecular complexity index is 1060. The van der Waals surface area contributed by atoms with E-state index in [1.54, 1.807) is 17.0 Å². The maximum absolute atomic E-state index is 13.3. The Morgan fingerprint density at radius 1 is 1.17 bits per heavy atom. The number of rotatable bonds is 11. The molecule has 0 saturated carbocycles. The molecule has 0 fully saturated rings. The Labute approximate surface area is 225 Å². The number of amides is 2. The number of carbonyl (C=O) groups is 2. The third-order valence-electron chi connectivity index (χ3n) is 6.03. The molecule has 0 aromatic heterocycles. The predicted molar refractivity (Wildman–Crippen MR) is 144 cm³/mol. The van der Waals surface area contributed by atoms with E-state index in [4.69, 9.17) is 14.6 Å². The lowest BCUT2D eigenvalue weighted by Crippen LogP contribution is -2.55. The fourth-order valence-corrected chi connectivity index (χ4v) is 4.59. The van der Waals surface area contributed by atoms with Gasteiger partial charge in [-0.15, -0.1) is 0 Å². The molecule has 1 aliphatic carbocycles. The quantitative estimate of drug-likeness (QED) is 0.339. The maximum atomic E-state index is 13.3. The number of carbonyl (C=O) groups excluding carboxylic acids is 2. The number of nitrogens with zero attached hydrogens (tertiary/aromatic N) is 1. The summed E-state index contributed by atoms with van der Waals surface area (Å²) >= 11 is 2.15. The van der Waals surface area contributed by atoms with Crippen molar-refractivity contribution < 1.29 is 29.3 Å². The molecule has 0 spiro atoms. The Kier molecular flexibility index (Phi) is 10.7. The number of para-hydroxylation sites is 1. The zero-order valence-electron chi connectivity index (χ0n) is 20.5. The van der Waals surface area contributed by atoms with Crippen LogP contribution in [0.25, 0.3) is 0 Å². The summed E-state index contributed by atoms with van der Waals surface area (Å²) in [5, 5.41) is 23.3. The number of aliphatic hydroxyl groups is 2. The summed E-state index contributed by atoms with van der Waals surface area (Å²) in [6, 6.07) is 14.5. The molecule has 3 rings (SSSR count). The van der Waals surface area contributed by atoms with Crippen molar-refractivity contribution >= 4 is 34.4 Å². The Balaban J connectivity index is 1.96. The number of aliphatic hydroxyl groups excluding tert-OH is 2. The minimum Gasteiger partial charge on any atom is -0.482 e. The van der Waals surface area contributed by atoms with E-state index in [0.29, 0.717) is 11.3 Å². The molecule has 2 amide bonds. The fourth-order valence-electron chi connectivity index (χ4n) is 4.08. The molecule has 194 valence electrons. The van der Waals surface area contributed by atoms with Gasteiger partial charge in [0.15, 0.2) is 0 Å². The van der Waals surface area contributed by atoms with E-state index in [0.717, 1.165) is 14.7 Å². The average molecular weight is 608 g/mol. The van der Waals surface area contributed by atoms with E-state index in [9.17, 15) is 14.7 Å². The van der Waals surface area contributed by atoms with E-state index in [2.05, 4.69) is 27.9 Å². The lowest BCUT2D eigenvalue weighted by atomic mass is 9.87. The van der Waals surface area contributed by atoms with E-state index in [-0.39, 0.29) is 51.0 Å². The van der Waals surface area contributed by atoms with Gasteiger partial charge in [0, 0.05) is 32.2 Å². The number of halogens is 1. The number of hydrogen-bond donors (Lipinski definition) is 3. The van der Waals surface area contributed by atoms with Gasteiger partial charge in [0.1, 0.15) is 18.0 Å². The molecule has 36 heavy (non-hydrogen) atoms. The standard InChI is InChI=1S/C27H33IN2O6/c1-18-7-9-19(10-8-18)17-30(25(32)11-14-35-2)22-15-20(27(34)29-12-13-31)16-24(26(22)33)36-23-6-4-3-5-21(23)28/h3-10,16,22,24,26,31,33H,11-15,17H2,1-2H3,(H,29,34). The lowest BCUT2D eigenvalue weighted by molar-refractivity contribution is -0.140. The summed E-state index contributed by atoms with van der Waals surface area (Å²) in [6.45, 7) is 2.41. The van der Waals surface area contributed by atoms with E-state index in [1.165, 1.54) is 7.11 Å². The molecule has 3 N–H and O–H groups in total. The third kappa shape index (κ3) is 7.52. The largest absolute Gasteiger partial charge is 0.482 e. The third-order valence-corrected chi connectivity index (χ3v) is 6.92. The van der Waals surface area contributed by atoms with Gasteiger partial charge < -0.3 is 29.9 Å². The van der Waals surface area contributed by atoms with Crippen LogP contribution in [-0.4, -0.2) is 72.0 Å². The Morgan fingerprint density at radius 3 is 2.56 bits per heavy atom. The molecule has 9 heteroatoms. The molecule has 2 aromatic rings. The van der Waals surface area contributed by atoms with Gasteiger partial charge in [0.2, 0.25) is 11.8 Å². The zero-order chi connectivity index (χ0) is 26.1. The van der Waals surface area contributed by atoms with Crippen LogP contribution >= 0.6 is 22.6 Å². The number of methoxy groups -OCH3 is 1. The van der Waals surface area contributed by atoms with Gasteiger partial charge >= 0.3 is 0 Å². The van der Waals surface area contributed by atoms with Crippen molar-refractivity contribution in [3.8, 4) is 5.75 Å². The van der Waals surface area contributed by atoms with E-state index < -0.39 is 18.2 Å². The first-order chi connectivity index (χ1) is 17.3. The number of benzene rings is 2. The summed E-state index contributed by atoms with van der Waals surface area (Å²) < 4.78 is 12.1. The monoisotopic (exact) mass is 608 g/mol. The van der Waals surface area contributed by atoms with Gasteiger partial charge in [-0.1, -0.05) is 42.0 Å². The summed E-state index contributed by atoms with van der Waals surface area (Å²) in [4.78, 5) is 27.8. The summed E-state index contributed by atoms with van der Waals surface area (Å²) in [6.07, 6.45) is -0.0311. The molecule has 0 radical (unpaired) electrons. The molecule has 3 unspecified atom stereocenters. The van der Waals surface area contributed by atoms with Crippen LogP contribution in [-0.2, 0) is 20.9 Å². The number of hydrogen-bond acceptors (Lipinski definition) is 6. The van der Waals surface area contributed by atoms with Crippen molar-refractivity contribution in [3.63, 3.8) is 0 Å². The molecule has 0 saturated heterocycles. The van der Waals surface area contributed by atoms with Crippen LogP contribution in [0.3, 0.4) is 0 Å². The van der Waals surface area contributed by atoms with Crippen LogP contribution in [0.2, 0.25) is 0 Å². The highest BCUT2D eigenvalue weighted by Crippen LogP contribution is 2.30. The minimum atomic E-state index is -1.08. The van der Waals surface area contributed by atoms with Crippen LogP contribution in [0.15, 0.2) is 60.2 Å². The molecule has 2 aromatic carbocycles. The summed E-state index contributed by atoms with van der Waals surface area (Å²) in [7, 11) is 1.53. The second kappa shape index (κ2) is 13.7. The molecular formula is C27H33IN2O6. The summed E-state index contributed by atoms with van der Waals surface area (Å²) in [5.41, 5.74) is 2.41. The van der Waals surface area contributed by atoms with Gasteiger partial charge in [-0.3, -0.25) is 9.59 Å². The second-order valence-electron chi connectivity index (χ2n) is 8.70. The molecule has 0 aliphatic heterocycles. The lowest BCUT2D eigenvalue weighted by Gasteiger charge is -2.40. The Hall–Kier alpha value is -2.47. The van der Waals surface area contributed by atoms with E-state index in [1.807, 2.05) is 49.4 Å². The van der Waals surface area contributed by atoms with Crippen LogP contribution < -0.4 is 10.1 Å². The number of aryl methyl sites for hydroxylation is 1. The smallest absolute Gasteiger partial charge is 0.247 e. The molecule has 3 atom stereocenters. The van der Waals surface area contributed by atoms with Crippen LogP contribution in [0.1, 0.15) is 24.0 Å². The first-order valence-electron chi connectivity index (χ1n) is 11.9. The van der Waals surface area contributed by atoms with Crippen LogP contribution in [0.4, 0.5) is 0 Å². The fraction of sp³-hybridized carbons (Fsp3) is 0.407. The average Bonchev–Trinajstić information content (AvgIpc) is 2.88. The molecule has 8 nitrogen and oxygen atoms in total. The topological polar surface area (TPSA) is 108 Å². The number of ether oxygens (including phenoxy) is 2. The highest BCUT2D eigenvalue weighted by molar-refractivity contribution is 14.1. The number of nitrogens with one attached hydrogen (secondary N) is 1. The van der Waals surface area contributed by atoms with Crippen molar-refractivity contribution in [3.05, 3.63) is 74.9 Å². The van der Waals surface area contributed by atoms with E-state index >= 15 is 0 Å². The normalized spacial score (nSPS) is 19.4. The molecule has 0 heterocycles. The van der Waals surface area contributed by atoms with Crippen LogP contribution in [0.5, 0.6) is 5.75 Å². The van der Waals surface area contributed by atoms with Crippen molar-refractivity contribution in [1.82, 2.24) is 10.2 Å². The van der Waals surface area contributed by atoms with Gasteiger partial charge in [-0.2, -0.15) is 0 Å². The SMILES string of the molecule is COCCC(=O)N(Cc1ccc(C)cc1)C1CC(C(=O)NCCO)=CC(Oc2ccccc2I)C1O. The van der Waals surface area contributed by atoms with Crippen molar-refractivity contribution in [1.29, 1.82) is 0 Å². The minimum absolute atomic E-state index is 0.103. The summed E-state index contributed by atoms with van der Waals surface area (Å²) in [5.74, 6) is 0.0217. The zero-order valence-corrected chi connectivity index (χ0v) is 22.7. The van der Waals surface area contributed by atoms with Gasteiger partial charge in [-0.25, -0.2) is 0 Å². The highest BCUT2D eigenvalue weighted by Gasteiger charge is 2.40. The molecular weight excluding hydrogens is 575 g/mol. The van der Waals surface area contributed by atoms with Gasteiger partial charge in [0.05, 0.1) is 29.2 Å². The predicted octanol–water partition coefficient (Wildman–Crippen LogP) is 2.58. The molecule has 0 bridgehead atoms. The second-order valence-corrected chi connectivity index (χ2v) is 9.86. The first-order valence-corrected chi connectivity index (χ1v) is 12.9.